The topological polar surface area (TPSA) is 44.8 Å². The fraction of sp³-hybridized carbons (Fsp3) is 0.588. The first-order chi connectivity index (χ1) is 10.2. The van der Waals surface area contributed by atoms with E-state index in [1.165, 1.54) is 19.1 Å². The van der Waals surface area contributed by atoms with Crippen LogP contribution in [0.5, 0.6) is 0 Å². The molecule has 0 radical (unpaired) electrons. The standard InChI is InChI=1S/C17H24O4/c1-13(10-12-21-16-5-3-4-11-20-16)14-6-8-15(9-7-14)17(18)19-2/h6-9,13,16H,3-5,10-12H2,1-2H3. The quantitative estimate of drug-likeness (QED) is 0.753. The van der Waals surface area contributed by atoms with Crippen molar-refractivity contribution in [2.45, 2.75) is 44.8 Å². The first-order valence-corrected chi connectivity index (χ1v) is 7.62. The van der Waals surface area contributed by atoms with Crippen LogP contribution in [0, 0.1) is 0 Å². The SMILES string of the molecule is COC(=O)c1ccc(C(C)CCOC2CCCCO2)cc1. The van der Waals surface area contributed by atoms with E-state index in [9.17, 15) is 4.79 Å². The van der Waals surface area contributed by atoms with Gasteiger partial charge in [0, 0.05) is 6.61 Å². The van der Waals surface area contributed by atoms with E-state index in [1.807, 2.05) is 24.3 Å². The molecule has 1 aromatic carbocycles. The molecule has 0 amide bonds. The predicted molar refractivity (Wildman–Crippen MR) is 80.4 cm³/mol. The second-order valence-electron chi connectivity index (χ2n) is 5.47. The summed E-state index contributed by atoms with van der Waals surface area (Å²) in [6.07, 6.45) is 4.25. The number of carbonyl (C=O) groups is 1. The minimum atomic E-state index is -0.299. The van der Waals surface area contributed by atoms with Crippen LogP contribution >= 0.6 is 0 Å². The second kappa shape index (κ2) is 8.15. The highest BCUT2D eigenvalue weighted by atomic mass is 16.7. The summed E-state index contributed by atoms with van der Waals surface area (Å²) in [6.45, 7) is 3.68. The first-order valence-electron chi connectivity index (χ1n) is 7.62. The summed E-state index contributed by atoms with van der Waals surface area (Å²) in [5.74, 6) is 0.0901. The second-order valence-corrected chi connectivity index (χ2v) is 5.47. The van der Waals surface area contributed by atoms with Crippen LogP contribution in [-0.4, -0.2) is 32.6 Å². The zero-order valence-corrected chi connectivity index (χ0v) is 12.8. The molecule has 4 nitrogen and oxygen atoms in total. The summed E-state index contributed by atoms with van der Waals surface area (Å²) in [5, 5.41) is 0. The van der Waals surface area contributed by atoms with E-state index in [0.29, 0.717) is 18.1 Å². The van der Waals surface area contributed by atoms with Crippen molar-refractivity contribution in [3.8, 4) is 0 Å². The van der Waals surface area contributed by atoms with Crippen LogP contribution in [0.2, 0.25) is 0 Å². The zero-order valence-electron chi connectivity index (χ0n) is 12.8. The van der Waals surface area contributed by atoms with Gasteiger partial charge in [0.25, 0.3) is 0 Å². The van der Waals surface area contributed by atoms with Gasteiger partial charge in [-0.25, -0.2) is 4.79 Å². The molecule has 1 heterocycles. The molecule has 1 aliphatic heterocycles. The highest BCUT2D eigenvalue weighted by Gasteiger charge is 2.15. The lowest BCUT2D eigenvalue weighted by Gasteiger charge is -2.23. The molecule has 1 saturated heterocycles. The molecule has 0 spiro atoms. The van der Waals surface area contributed by atoms with Gasteiger partial charge in [-0.3, -0.25) is 0 Å². The molecule has 116 valence electrons. The molecule has 1 fully saturated rings. The maximum absolute atomic E-state index is 11.4. The van der Waals surface area contributed by atoms with Crippen LogP contribution in [0.4, 0.5) is 0 Å². The zero-order chi connectivity index (χ0) is 15.1. The van der Waals surface area contributed by atoms with Crippen LogP contribution in [0.1, 0.15) is 54.4 Å². The van der Waals surface area contributed by atoms with E-state index < -0.39 is 0 Å². The van der Waals surface area contributed by atoms with E-state index in [2.05, 4.69) is 6.92 Å². The Kier molecular flexibility index (Phi) is 6.21. The Bertz CT molecular complexity index is 435. The van der Waals surface area contributed by atoms with Gasteiger partial charge in [0.1, 0.15) is 0 Å². The van der Waals surface area contributed by atoms with Crippen LogP contribution in [0.3, 0.4) is 0 Å². The normalized spacial score (nSPS) is 20.0. The Balaban J connectivity index is 1.77. The maximum Gasteiger partial charge on any atom is 0.337 e. The van der Waals surface area contributed by atoms with Crippen molar-refractivity contribution < 1.29 is 19.0 Å². The lowest BCUT2D eigenvalue weighted by Crippen LogP contribution is -2.23. The van der Waals surface area contributed by atoms with Gasteiger partial charge in [0.05, 0.1) is 19.3 Å². The fourth-order valence-electron chi connectivity index (χ4n) is 2.45. The average Bonchev–Trinajstić information content (AvgIpc) is 2.55. The molecule has 1 aliphatic rings. The van der Waals surface area contributed by atoms with Crippen molar-refractivity contribution in [1.29, 1.82) is 0 Å². The summed E-state index contributed by atoms with van der Waals surface area (Å²) in [4.78, 5) is 11.4. The molecule has 0 aromatic heterocycles. The van der Waals surface area contributed by atoms with Crippen molar-refractivity contribution in [3.63, 3.8) is 0 Å². The number of methoxy groups -OCH3 is 1. The first kappa shape index (κ1) is 16.0. The number of benzene rings is 1. The summed E-state index contributed by atoms with van der Waals surface area (Å²) in [6, 6.07) is 7.58. The predicted octanol–water partition coefficient (Wildman–Crippen LogP) is 3.51. The van der Waals surface area contributed by atoms with E-state index >= 15 is 0 Å². The number of esters is 1. The molecule has 2 atom stereocenters. The Labute approximate surface area is 126 Å². The number of hydrogen-bond donors (Lipinski definition) is 0. The molecule has 1 aromatic rings. The third-order valence-electron chi connectivity index (χ3n) is 3.89. The van der Waals surface area contributed by atoms with Gasteiger partial charge in [0.2, 0.25) is 0 Å². The van der Waals surface area contributed by atoms with Gasteiger partial charge in [-0.15, -0.1) is 0 Å². The van der Waals surface area contributed by atoms with Crippen molar-refractivity contribution in [2.24, 2.45) is 0 Å². The van der Waals surface area contributed by atoms with Crippen LogP contribution in [-0.2, 0) is 14.2 Å². The van der Waals surface area contributed by atoms with E-state index in [4.69, 9.17) is 14.2 Å². The van der Waals surface area contributed by atoms with Crippen molar-refractivity contribution in [3.05, 3.63) is 35.4 Å². The average molecular weight is 292 g/mol. The lowest BCUT2D eigenvalue weighted by molar-refractivity contribution is -0.163. The van der Waals surface area contributed by atoms with E-state index in [1.54, 1.807) is 0 Å². The van der Waals surface area contributed by atoms with Gasteiger partial charge in [-0.2, -0.15) is 0 Å². The molecule has 0 N–H and O–H groups in total. The summed E-state index contributed by atoms with van der Waals surface area (Å²) in [5.41, 5.74) is 1.79. The highest BCUT2D eigenvalue weighted by molar-refractivity contribution is 5.89. The smallest absolute Gasteiger partial charge is 0.337 e. The number of carbonyl (C=O) groups excluding carboxylic acids is 1. The van der Waals surface area contributed by atoms with Gasteiger partial charge >= 0.3 is 5.97 Å². The summed E-state index contributed by atoms with van der Waals surface area (Å²) >= 11 is 0. The van der Waals surface area contributed by atoms with Gasteiger partial charge < -0.3 is 14.2 Å². The highest BCUT2D eigenvalue weighted by Crippen LogP contribution is 2.21. The van der Waals surface area contributed by atoms with Crippen molar-refractivity contribution in [2.75, 3.05) is 20.3 Å². The number of ether oxygens (including phenoxy) is 3. The molecule has 21 heavy (non-hydrogen) atoms. The third-order valence-corrected chi connectivity index (χ3v) is 3.89. The summed E-state index contributed by atoms with van der Waals surface area (Å²) < 4.78 is 16.0. The third kappa shape index (κ3) is 4.83. The largest absolute Gasteiger partial charge is 0.465 e. The van der Waals surface area contributed by atoms with Crippen LogP contribution in [0.25, 0.3) is 0 Å². The van der Waals surface area contributed by atoms with E-state index in [0.717, 1.165) is 25.9 Å². The molecular formula is C17H24O4. The Morgan fingerprint density at radius 1 is 1.33 bits per heavy atom. The van der Waals surface area contributed by atoms with Crippen molar-refractivity contribution >= 4 is 5.97 Å². The molecule has 4 heteroatoms. The molecular weight excluding hydrogens is 268 g/mol. The van der Waals surface area contributed by atoms with Gasteiger partial charge in [0.15, 0.2) is 6.29 Å². The minimum absolute atomic E-state index is 0.0207. The van der Waals surface area contributed by atoms with Gasteiger partial charge in [-0.1, -0.05) is 19.1 Å². The van der Waals surface area contributed by atoms with Crippen LogP contribution in [0.15, 0.2) is 24.3 Å². The fourth-order valence-corrected chi connectivity index (χ4v) is 2.45. The van der Waals surface area contributed by atoms with Crippen LogP contribution < -0.4 is 0 Å². The minimum Gasteiger partial charge on any atom is -0.465 e. The van der Waals surface area contributed by atoms with Crippen molar-refractivity contribution in [1.82, 2.24) is 0 Å². The Morgan fingerprint density at radius 3 is 2.71 bits per heavy atom. The maximum atomic E-state index is 11.4. The Morgan fingerprint density at radius 2 is 2.10 bits per heavy atom. The summed E-state index contributed by atoms with van der Waals surface area (Å²) in [7, 11) is 1.39. The molecule has 0 aliphatic carbocycles. The monoisotopic (exact) mass is 292 g/mol. The molecule has 2 rings (SSSR count). The molecule has 0 bridgehead atoms. The van der Waals surface area contributed by atoms with Gasteiger partial charge in [-0.05, 0) is 49.3 Å². The Hall–Kier alpha value is -1.39. The number of rotatable bonds is 6. The molecule has 2 unspecified atom stereocenters. The van der Waals surface area contributed by atoms with E-state index in [-0.39, 0.29) is 12.3 Å². The number of hydrogen-bond acceptors (Lipinski definition) is 4. The molecule has 0 saturated carbocycles. The lowest BCUT2D eigenvalue weighted by atomic mass is 9.97.